The van der Waals surface area contributed by atoms with Crippen LogP contribution < -0.4 is 15.6 Å². The highest BCUT2D eigenvalue weighted by Crippen LogP contribution is 2.30. The van der Waals surface area contributed by atoms with E-state index in [9.17, 15) is 18.0 Å². The second-order valence-electron chi connectivity index (χ2n) is 7.83. The molecule has 5 nitrogen and oxygen atoms in total. The molecule has 4 N–H and O–H groups in total. The van der Waals surface area contributed by atoms with Crippen LogP contribution in [0.5, 0.6) is 5.75 Å². The number of carbonyl (C=O) groups excluding carboxylic acids is 1. The van der Waals surface area contributed by atoms with Crippen molar-refractivity contribution < 1.29 is 22.7 Å². The first-order chi connectivity index (χ1) is 15.5. The Bertz CT molecular complexity index is 832. The summed E-state index contributed by atoms with van der Waals surface area (Å²) in [4.78, 5) is 14.1. The van der Waals surface area contributed by atoms with E-state index in [-0.39, 0.29) is 17.9 Å². The molecule has 0 saturated carbocycles. The number of nitrogens with zero attached hydrogens (tertiary/aromatic N) is 1. The first-order valence-electron chi connectivity index (χ1n) is 10.6. The topological polar surface area (TPSA) is 81.6 Å². The van der Waals surface area contributed by atoms with Crippen LogP contribution in [0.1, 0.15) is 56.7 Å². The zero-order valence-corrected chi connectivity index (χ0v) is 21.0. The Morgan fingerprint density at radius 2 is 1.64 bits per heavy atom. The minimum atomic E-state index is -3.10. The van der Waals surface area contributed by atoms with Gasteiger partial charge in [0.25, 0.3) is 0 Å². The Morgan fingerprint density at radius 1 is 1.09 bits per heavy atom. The molecule has 2 aromatic rings. The summed E-state index contributed by atoms with van der Waals surface area (Å²) in [7, 11) is 4.12. The third-order valence-electron chi connectivity index (χ3n) is 3.95. The highest BCUT2D eigenvalue weighted by molar-refractivity contribution is 7.97. The molecule has 0 unspecified atom stereocenters. The highest BCUT2D eigenvalue weighted by atomic mass is 32.2. The Kier molecular flexibility index (Phi) is 15.3. The van der Waals surface area contributed by atoms with Crippen molar-refractivity contribution in [3.8, 4) is 5.75 Å². The molecule has 2 rings (SSSR count). The number of primary amides is 1. The Balaban J connectivity index is 0.000000588. The van der Waals surface area contributed by atoms with Crippen molar-refractivity contribution in [3.05, 3.63) is 58.9 Å². The van der Waals surface area contributed by atoms with Gasteiger partial charge in [-0.05, 0) is 66.9 Å². The number of ether oxygens (including phenoxy) is 1. The highest BCUT2D eigenvalue weighted by Gasteiger charge is 2.20. The number of halogens is 3. The number of amides is 1. The summed E-state index contributed by atoms with van der Waals surface area (Å²) in [6.45, 7) is 5.51. The van der Waals surface area contributed by atoms with Gasteiger partial charge in [-0.25, -0.2) is 4.39 Å². The smallest absolute Gasteiger partial charge is 0.387 e. The average Bonchev–Trinajstić information content (AvgIpc) is 2.70. The van der Waals surface area contributed by atoms with Crippen LogP contribution in [0.15, 0.2) is 41.3 Å². The lowest BCUT2D eigenvalue weighted by Gasteiger charge is -2.16. The van der Waals surface area contributed by atoms with Gasteiger partial charge in [0.1, 0.15) is 0 Å². The Morgan fingerprint density at radius 3 is 2.03 bits per heavy atom. The average molecular weight is 488 g/mol. The van der Waals surface area contributed by atoms with E-state index < -0.39 is 24.1 Å². The summed E-state index contributed by atoms with van der Waals surface area (Å²) in [6, 6.07) is 10.8. The Hall–Kier alpha value is -2.23. The molecule has 0 radical (unpaired) electrons. The molecular weight excluding hydrogens is 451 g/mol. The van der Waals surface area contributed by atoms with Crippen LogP contribution in [0, 0.1) is 5.82 Å². The number of nitrogens with two attached hydrogens (primary N) is 2. The van der Waals surface area contributed by atoms with Gasteiger partial charge in [-0.3, -0.25) is 9.93 Å². The number of alkyl halides is 2. The van der Waals surface area contributed by atoms with Gasteiger partial charge in [-0.2, -0.15) is 8.78 Å². The molecule has 0 aromatic heterocycles. The van der Waals surface area contributed by atoms with Crippen molar-refractivity contribution in [2.45, 2.75) is 64.5 Å². The van der Waals surface area contributed by atoms with Crippen LogP contribution in [0.25, 0.3) is 0 Å². The minimum Gasteiger partial charge on any atom is -0.432 e. The number of benzene rings is 2. The van der Waals surface area contributed by atoms with E-state index in [2.05, 4.69) is 49.7 Å². The van der Waals surface area contributed by atoms with Crippen molar-refractivity contribution in [1.82, 2.24) is 4.90 Å². The molecule has 2 aromatic carbocycles. The van der Waals surface area contributed by atoms with Crippen LogP contribution in [0.3, 0.4) is 0 Å². The van der Waals surface area contributed by atoms with Gasteiger partial charge in [-0.1, -0.05) is 52.3 Å². The lowest BCUT2D eigenvalue weighted by Crippen LogP contribution is -2.16. The van der Waals surface area contributed by atoms with E-state index in [0.29, 0.717) is 5.56 Å². The van der Waals surface area contributed by atoms with Crippen molar-refractivity contribution >= 4 is 17.9 Å². The van der Waals surface area contributed by atoms with Crippen molar-refractivity contribution in [1.29, 1.82) is 0 Å². The third-order valence-corrected chi connectivity index (χ3v) is 4.50. The molecule has 0 fully saturated rings. The fourth-order valence-electron chi connectivity index (χ4n) is 2.80. The number of hydrogen-bond acceptors (Lipinski definition) is 5. The summed E-state index contributed by atoms with van der Waals surface area (Å²) >= 11 is 1.28. The number of rotatable bonds is 8. The quantitative estimate of drug-likeness (QED) is 0.466. The molecule has 1 amide bonds. The standard InChI is InChI=1S/C12H14F3NO2.C9H14N2S.C3H8/c1-6(2)10-7(5-9(16)17)3-4-8(11(10)13)18-12(14)15;1-11(2)7-8-3-5-9(12-10)6-4-8;1-3-2/h3-4,6,12H,5H2,1-2H3,(H2,16,17);3-6H,7,10H2,1-2H3;3H2,1-2H3. The van der Waals surface area contributed by atoms with Crippen molar-refractivity contribution in [2.24, 2.45) is 10.9 Å². The predicted molar refractivity (Wildman–Crippen MR) is 130 cm³/mol. The largest absolute Gasteiger partial charge is 0.432 e. The van der Waals surface area contributed by atoms with Gasteiger partial charge in [0.15, 0.2) is 11.6 Å². The van der Waals surface area contributed by atoms with Crippen LogP contribution >= 0.6 is 11.9 Å². The van der Waals surface area contributed by atoms with Gasteiger partial charge in [0.2, 0.25) is 5.91 Å². The fraction of sp³-hybridized carbons (Fsp3) is 0.458. The van der Waals surface area contributed by atoms with E-state index in [4.69, 9.17) is 10.9 Å². The summed E-state index contributed by atoms with van der Waals surface area (Å²) in [6.07, 6.45) is 1.11. The molecule has 0 aliphatic heterocycles. The van der Waals surface area contributed by atoms with Gasteiger partial charge >= 0.3 is 6.61 Å². The zero-order valence-electron chi connectivity index (χ0n) is 20.2. The second-order valence-corrected chi connectivity index (χ2v) is 8.54. The summed E-state index contributed by atoms with van der Waals surface area (Å²) < 4.78 is 42.2. The van der Waals surface area contributed by atoms with Gasteiger partial charge < -0.3 is 15.4 Å². The normalized spacial score (nSPS) is 10.5. The maximum Gasteiger partial charge on any atom is 0.387 e. The second kappa shape index (κ2) is 16.4. The SMILES string of the molecule is CC(C)c1c(CC(N)=O)ccc(OC(F)F)c1F.CCC.CN(C)Cc1ccc(SN)cc1. The third kappa shape index (κ3) is 12.6. The van der Waals surface area contributed by atoms with Crippen molar-refractivity contribution in [2.75, 3.05) is 14.1 Å². The van der Waals surface area contributed by atoms with E-state index in [1.165, 1.54) is 30.0 Å². The first-order valence-corrected chi connectivity index (χ1v) is 11.5. The van der Waals surface area contributed by atoms with E-state index in [1.807, 2.05) is 12.1 Å². The molecule has 186 valence electrons. The Labute approximate surface area is 199 Å². The van der Waals surface area contributed by atoms with Crippen LogP contribution in [-0.2, 0) is 17.8 Å². The van der Waals surface area contributed by atoms with Gasteiger partial charge in [-0.15, -0.1) is 0 Å². The molecule has 9 heteroatoms. The molecule has 0 aliphatic carbocycles. The van der Waals surface area contributed by atoms with E-state index in [1.54, 1.807) is 13.8 Å². The minimum absolute atomic E-state index is 0.139. The van der Waals surface area contributed by atoms with Crippen molar-refractivity contribution in [3.63, 3.8) is 0 Å². The van der Waals surface area contributed by atoms with Crippen LogP contribution in [0.2, 0.25) is 0 Å². The monoisotopic (exact) mass is 487 g/mol. The summed E-state index contributed by atoms with van der Waals surface area (Å²) in [5.74, 6) is -2.29. The fourth-order valence-corrected chi connectivity index (χ4v) is 3.10. The maximum absolute atomic E-state index is 14.0. The molecule has 0 bridgehead atoms. The first kappa shape index (κ1) is 30.8. The number of carbonyl (C=O) groups is 1. The van der Waals surface area contributed by atoms with E-state index in [0.717, 1.165) is 17.5 Å². The molecule has 0 heterocycles. The van der Waals surface area contributed by atoms with Crippen LogP contribution in [-0.4, -0.2) is 31.5 Å². The molecule has 0 spiro atoms. The van der Waals surface area contributed by atoms with Gasteiger partial charge in [0.05, 0.1) is 6.42 Å². The molecule has 0 saturated heterocycles. The van der Waals surface area contributed by atoms with Crippen LogP contribution in [0.4, 0.5) is 13.2 Å². The molecule has 0 aliphatic rings. The molecule has 0 atom stereocenters. The van der Waals surface area contributed by atoms with E-state index >= 15 is 0 Å². The lowest BCUT2D eigenvalue weighted by atomic mass is 9.94. The summed E-state index contributed by atoms with van der Waals surface area (Å²) in [5, 5.41) is 5.41. The molecular formula is C24H36F3N3O2S. The maximum atomic E-state index is 14.0. The number of hydrogen-bond donors (Lipinski definition) is 2. The summed E-state index contributed by atoms with van der Waals surface area (Å²) in [5.41, 5.74) is 6.93. The predicted octanol–water partition coefficient (Wildman–Crippen LogP) is 5.71. The lowest BCUT2D eigenvalue weighted by molar-refractivity contribution is -0.117. The van der Waals surface area contributed by atoms with Gasteiger partial charge in [0, 0.05) is 11.4 Å². The zero-order chi connectivity index (χ0) is 25.6. The molecule has 33 heavy (non-hydrogen) atoms.